The molecule has 0 amide bonds. The van der Waals surface area contributed by atoms with E-state index in [0.717, 1.165) is 0 Å². The molecule has 2 heterocycles. The van der Waals surface area contributed by atoms with E-state index in [1.807, 2.05) is 0 Å². The quantitative estimate of drug-likeness (QED) is 0.244. The summed E-state index contributed by atoms with van der Waals surface area (Å²) >= 11 is 0. The predicted octanol–water partition coefficient (Wildman–Crippen LogP) is 4.73. The largest absolute Gasteiger partial charge is 0.508 e. The molecule has 0 aliphatic carbocycles. The third-order valence-electron chi connectivity index (χ3n) is 5.36. The van der Waals surface area contributed by atoms with Crippen molar-refractivity contribution in [2.24, 2.45) is 5.11 Å². The molecule has 2 atom stereocenters. The van der Waals surface area contributed by atoms with Crippen molar-refractivity contribution in [3.63, 3.8) is 0 Å². The van der Waals surface area contributed by atoms with E-state index in [4.69, 9.17) is 15.0 Å². The van der Waals surface area contributed by atoms with Gasteiger partial charge in [-0.05, 0) is 30.7 Å². The second-order valence-electron chi connectivity index (χ2n) is 7.29. The fourth-order valence-electron chi connectivity index (χ4n) is 4.23. The summed E-state index contributed by atoms with van der Waals surface area (Å²) in [6.07, 6.45) is -0.665. The number of rotatable bonds is 3. The molecule has 2 aliphatic rings. The van der Waals surface area contributed by atoms with Gasteiger partial charge in [0, 0.05) is 39.9 Å². The van der Waals surface area contributed by atoms with Gasteiger partial charge in [-0.3, -0.25) is 0 Å². The molecular formula is C22H16N4O5. The monoisotopic (exact) mass is 416 g/mol. The van der Waals surface area contributed by atoms with Gasteiger partial charge in [-0.15, -0.1) is 0 Å². The van der Waals surface area contributed by atoms with E-state index in [2.05, 4.69) is 15.3 Å². The number of fused-ring (bicyclic) bond motifs is 6. The molecule has 2 unspecified atom stereocenters. The first-order valence-electron chi connectivity index (χ1n) is 9.46. The summed E-state index contributed by atoms with van der Waals surface area (Å²) in [5.74, 6) is -0.115. The normalized spacial score (nSPS) is 18.7. The van der Waals surface area contributed by atoms with Crippen LogP contribution in [0.1, 0.15) is 34.0 Å². The Bertz CT molecular complexity index is 1300. The van der Waals surface area contributed by atoms with Gasteiger partial charge in [-0.2, -0.15) is 0 Å². The first-order valence-corrected chi connectivity index (χ1v) is 9.46. The molecule has 0 fully saturated rings. The molecule has 9 nitrogen and oxygen atoms in total. The van der Waals surface area contributed by atoms with Gasteiger partial charge in [0.25, 0.3) is 0 Å². The Balaban J connectivity index is 1.86. The highest BCUT2D eigenvalue weighted by Crippen LogP contribution is 2.59. The molecule has 1 spiro atoms. The average Bonchev–Trinajstić information content (AvgIpc) is 3.00. The van der Waals surface area contributed by atoms with Crippen LogP contribution in [0.2, 0.25) is 0 Å². The zero-order chi connectivity index (χ0) is 21.8. The van der Waals surface area contributed by atoms with Crippen molar-refractivity contribution in [3.05, 3.63) is 87.3 Å². The Morgan fingerprint density at radius 3 is 2.65 bits per heavy atom. The number of ether oxygens (including phenoxy) is 2. The number of phenols is 2. The van der Waals surface area contributed by atoms with Crippen LogP contribution in [0.25, 0.3) is 10.4 Å². The Labute approximate surface area is 176 Å². The van der Waals surface area contributed by atoms with E-state index in [1.165, 1.54) is 24.3 Å². The van der Waals surface area contributed by atoms with Gasteiger partial charge in [0.15, 0.2) is 5.60 Å². The average molecular weight is 416 g/mol. The number of esters is 1. The van der Waals surface area contributed by atoms with Gasteiger partial charge in [-0.1, -0.05) is 23.3 Å². The van der Waals surface area contributed by atoms with Crippen molar-refractivity contribution in [1.82, 2.24) is 0 Å². The van der Waals surface area contributed by atoms with Gasteiger partial charge < -0.3 is 25.0 Å². The SMILES string of the molecule is CC(N=[N+]=[N-])Nc1cc(O)cc2c1C1(OC(=O)c3ccccc31)c1ccc(O)cc1O2. The summed E-state index contributed by atoms with van der Waals surface area (Å²) in [7, 11) is 0. The van der Waals surface area contributed by atoms with E-state index in [-0.39, 0.29) is 23.0 Å². The zero-order valence-electron chi connectivity index (χ0n) is 16.2. The number of hydrogen-bond acceptors (Lipinski definition) is 7. The predicted molar refractivity (Wildman–Crippen MR) is 110 cm³/mol. The van der Waals surface area contributed by atoms with Crippen LogP contribution in [-0.2, 0) is 10.3 Å². The summed E-state index contributed by atoms with van der Waals surface area (Å²) in [4.78, 5) is 15.7. The summed E-state index contributed by atoms with van der Waals surface area (Å²) in [6.45, 7) is 1.65. The number of anilines is 1. The fraction of sp³-hybridized carbons (Fsp3) is 0.136. The van der Waals surface area contributed by atoms with Crippen LogP contribution in [0.5, 0.6) is 23.0 Å². The van der Waals surface area contributed by atoms with Crippen LogP contribution in [-0.4, -0.2) is 22.3 Å². The lowest BCUT2D eigenvalue weighted by Crippen LogP contribution is -2.34. The van der Waals surface area contributed by atoms with E-state index < -0.39 is 17.7 Å². The highest BCUT2D eigenvalue weighted by molar-refractivity contribution is 5.97. The second-order valence-corrected chi connectivity index (χ2v) is 7.29. The second kappa shape index (κ2) is 6.58. The van der Waals surface area contributed by atoms with Gasteiger partial charge in [0.2, 0.25) is 0 Å². The van der Waals surface area contributed by atoms with Gasteiger partial charge >= 0.3 is 5.97 Å². The number of nitrogens with zero attached hydrogens (tertiary/aromatic N) is 3. The minimum absolute atomic E-state index is 0.0227. The summed E-state index contributed by atoms with van der Waals surface area (Å²) in [5, 5.41) is 27.0. The molecular weight excluding hydrogens is 400 g/mol. The van der Waals surface area contributed by atoms with E-state index in [0.29, 0.717) is 27.9 Å². The molecule has 0 aromatic heterocycles. The van der Waals surface area contributed by atoms with Crippen LogP contribution >= 0.6 is 0 Å². The summed E-state index contributed by atoms with van der Waals surface area (Å²) in [5.41, 5.74) is 9.73. The Morgan fingerprint density at radius 2 is 1.84 bits per heavy atom. The number of carbonyl (C=O) groups excluding carboxylic acids is 1. The molecule has 3 aromatic carbocycles. The van der Waals surface area contributed by atoms with Gasteiger partial charge in [0.05, 0.1) is 11.1 Å². The topological polar surface area (TPSA) is 137 Å². The maximum Gasteiger partial charge on any atom is 0.340 e. The van der Waals surface area contributed by atoms with Crippen molar-refractivity contribution in [2.45, 2.75) is 18.7 Å². The lowest BCUT2D eigenvalue weighted by molar-refractivity contribution is 0.0226. The van der Waals surface area contributed by atoms with E-state index >= 15 is 0 Å². The maximum atomic E-state index is 12.9. The molecule has 2 aliphatic heterocycles. The number of benzene rings is 3. The molecule has 0 bridgehead atoms. The van der Waals surface area contributed by atoms with E-state index in [1.54, 1.807) is 37.3 Å². The highest BCUT2D eigenvalue weighted by Gasteiger charge is 2.54. The summed E-state index contributed by atoms with van der Waals surface area (Å²) in [6, 6.07) is 14.4. The van der Waals surface area contributed by atoms with Crippen LogP contribution in [0.4, 0.5) is 5.69 Å². The third-order valence-corrected chi connectivity index (χ3v) is 5.36. The minimum Gasteiger partial charge on any atom is -0.508 e. The van der Waals surface area contributed by atoms with Crippen molar-refractivity contribution < 1.29 is 24.5 Å². The zero-order valence-corrected chi connectivity index (χ0v) is 16.2. The first kappa shape index (κ1) is 18.7. The van der Waals surface area contributed by atoms with Crippen molar-refractivity contribution in [1.29, 1.82) is 0 Å². The molecule has 31 heavy (non-hydrogen) atoms. The Hall–Kier alpha value is -4.36. The van der Waals surface area contributed by atoms with Crippen molar-refractivity contribution in [3.8, 4) is 23.0 Å². The molecule has 0 saturated carbocycles. The van der Waals surface area contributed by atoms with Crippen LogP contribution < -0.4 is 10.1 Å². The van der Waals surface area contributed by atoms with Crippen LogP contribution in [0.15, 0.2) is 59.7 Å². The number of hydrogen-bond donors (Lipinski definition) is 3. The number of phenolic OH excluding ortho intramolecular Hbond substituents is 2. The molecule has 0 radical (unpaired) electrons. The molecule has 3 aromatic rings. The molecule has 5 rings (SSSR count). The third kappa shape index (κ3) is 2.64. The fourth-order valence-corrected chi connectivity index (χ4v) is 4.23. The Morgan fingerprint density at radius 1 is 1.06 bits per heavy atom. The lowest BCUT2D eigenvalue weighted by atomic mass is 9.77. The minimum atomic E-state index is -1.39. The molecule has 9 heteroatoms. The standard InChI is InChI=1S/C22H16N4O5/c1-11(25-26-23)24-17-8-13(28)10-19-20(17)22(16-7-6-12(27)9-18(16)30-19)15-5-3-2-4-14(15)21(29)31-22/h2-11,24,27-28H,1H3. The molecule has 154 valence electrons. The lowest BCUT2D eigenvalue weighted by Gasteiger charge is -2.38. The van der Waals surface area contributed by atoms with E-state index in [9.17, 15) is 15.0 Å². The Kier molecular flexibility index (Phi) is 3.96. The van der Waals surface area contributed by atoms with Crippen molar-refractivity contribution >= 4 is 11.7 Å². The number of nitrogens with one attached hydrogen (secondary N) is 1. The van der Waals surface area contributed by atoms with Crippen LogP contribution in [0, 0.1) is 0 Å². The van der Waals surface area contributed by atoms with Crippen LogP contribution in [0.3, 0.4) is 0 Å². The highest BCUT2D eigenvalue weighted by atomic mass is 16.6. The maximum absolute atomic E-state index is 12.9. The smallest absolute Gasteiger partial charge is 0.340 e. The number of azide groups is 1. The van der Waals surface area contributed by atoms with Gasteiger partial charge in [-0.25, -0.2) is 4.79 Å². The van der Waals surface area contributed by atoms with Gasteiger partial charge in [0.1, 0.15) is 29.2 Å². The number of carbonyl (C=O) groups is 1. The number of aromatic hydroxyl groups is 2. The van der Waals surface area contributed by atoms with Crippen molar-refractivity contribution in [2.75, 3.05) is 5.32 Å². The first-order chi connectivity index (χ1) is 14.9. The summed E-state index contributed by atoms with van der Waals surface area (Å²) < 4.78 is 12.1. The molecule has 0 saturated heterocycles. The molecule has 3 N–H and O–H groups in total.